The highest BCUT2D eigenvalue weighted by Crippen LogP contribution is 2.19. The second-order valence-corrected chi connectivity index (χ2v) is 10.4. The minimum absolute atomic E-state index is 0.0324. The van der Waals surface area contributed by atoms with Crippen LogP contribution in [0.25, 0.3) is 0 Å². The van der Waals surface area contributed by atoms with Gasteiger partial charge >= 0.3 is 0 Å². The highest BCUT2D eigenvalue weighted by atomic mass is 35.5. The SMILES string of the molecule is CC(C)[C@@H](NS(=O)(=O)c1ccc(Cl)cc1)C(=O)N1CCC(NC(=O)c2ccccc2)CC1. The fourth-order valence-corrected chi connectivity index (χ4v) is 5.08. The monoisotopic (exact) mass is 477 g/mol. The summed E-state index contributed by atoms with van der Waals surface area (Å²) in [4.78, 5) is 27.2. The Hall–Kier alpha value is -2.42. The highest BCUT2D eigenvalue weighted by Gasteiger charge is 2.33. The molecule has 2 N–H and O–H groups in total. The lowest BCUT2D eigenvalue weighted by Gasteiger charge is -2.35. The third-order valence-electron chi connectivity index (χ3n) is 5.52. The van der Waals surface area contributed by atoms with Crippen LogP contribution >= 0.6 is 11.6 Å². The Labute approximate surface area is 194 Å². The molecule has 1 heterocycles. The van der Waals surface area contributed by atoms with Crippen molar-refractivity contribution in [3.63, 3.8) is 0 Å². The predicted octanol–water partition coefficient (Wildman–Crippen LogP) is 3.06. The lowest BCUT2D eigenvalue weighted by Crippen LogP contribution is -2.54. The molecular weight excluding hydrogens is 450 g/mol. The van der Waals surface area contributed by atoms with E-state index in [1.165, 1.54) is 24.3 Å². The molecule has 1 atom stereocenters. The number of carbonyl (C=O) groups excluding carboxylic acids is 2. The van der Waals surface area contributed by atoms with E-state index in [9.17, 15) is 18.0 Å². The maximum atomic E-state index is 13.1. The maximum absolute atomic E-state index is 13.1. The van der Waals surface area contributed by atoms with Crippen LogP contribution in [0.2, 0.25) is 5.02 Å². The van der Waals surface area contributed by atoms with Crippen molar-refractivity contribution >= 4 is 33.4 Å². The van der Waals surface area contributed by atoms with Gasteiger partial charge in [-0.1, -0.05) is 43.6 Å². The second-order valence-electron chi connectivity index (χ2n) is 8.24. The summed E-state index contributed by atoms with van der Waals surface area (Å²) in [5, 5.41) is 3.44. The van der Waals surface area contributed by atoms with Crippen molar-refractivity contribution in [1.29, 1.82) is 0 Å². The standard InChI is InChI=1S/C23H28ClN3O4S/c1-16(2)21(26-32(30,31)20-10-8-18(24)9-11-20)23(29)27-14-12-19(13-15-27)25-22(28)17-6-4-3-5-7-17/h3-11,16,19,21,26H,12-15H2,1-2H3,(H,25,28)/t21-/m1/s1. The Kier molecular flexibility index (Phi) is 7.92. The fraction of sp³-hybridized carbons (Fsp3) is 0.391. The van der Waals surface area contributed by atoms with Crippen molar-refractivity contribution in [3.05, 3.63) is 65.2 Å². The molecule has 0 radical (unpaired) electrons. The molecule has 0 spiro atoms. The molecule has 9 heteroatoms. The van der Waals surface area contributed by atoms with Crippen molar-refractivity contribution in [2.45, 2.75) is 43.7 Å². The lowest BCUT2D eigenvalue weighted by atomic mass is 10.00. The summed E-state index contributed by atoms with van der Waals surface area (Å²) in [7, 11) is -3.88. The summed E-state index contributed by atoms with van der Waals surface area (Å²) < 4.78 is 28.1. The second kappa shape index (κ2) is 10.5. The Bertz CT molecular complexity index is 1030. The summed E-state index contributed by atoms with van der Waals surface area (Å²) in [5.41, 5.74) is 0.600. The van der Waals surface area contributed by atoms with E-state index in [1.54, 1.807) is 30.9 Å². The number of nitrogens with one attached hydrogen (secondary N) is 2. The van der Waals surface area contributed by atoms with Crippen LogP contribution in [0, 0.1) is 5.92 Å². The molecule has 32 heavy (non-hydrogen) atoms. The van der Waals surface area contributed by atoms with Crippen LogP contribution in [0.5, 0.6) is 0 Å². The fourth-order valence-electron chi connectivity index (χ4n) is 3.62. The van der Waals surface area contributed by atoms with Crippen LogP contribution in [-0.4, -0.2) is 50.3 Å². The number of likely N-dealkylation sites (tertiary alicyclic amines) is 1. The van der Waals surface area contributed by atoms with E-state index >= 15 is 0 Å². The Morgan fingerprint density at radius 1 is 1.00 bits per heavy atom. The number of hydrogen-bond donors (Lipinski definition) is 2. The Morgan fingerprint density at radius 2 is 1.59 bits per heavy atom. The number of sulfonamides is 1. The quantitative estimate of drug-likeness (QED) is 0.640. The summed E-state index contributed by atoms with van der Waals surface area (Å²) in [5.74, 6) is -0.628. The van der Waals surface area contributed by atoms with E-state index in [4.69, 9.17) is 11.6 Å². The molecule has 0 unspecified atom stereocenters. The average molecular weight is 478 g/mol. The minimum Gasteiger partial charge on any atom is -0.349 e. The summed E-state index contributed by atoms with van der Waals surface area (Å²) in [6.45, 7) is 4.51. The van der Waals surface area contributed by atoms with Gasteiger partial charge in [0.25, 0.3) is 5.91 Å². The van der Waals surface area contributed by atoms with E-state index < -0.39 is 16.1 Å². The topological polar surface area (TPSA) is 95.6 Å². The first-order valence-electron chi connectivity index (χ1n) is 10.6. The number of halogens is 1. The number of benzene rings is 2. The van der Waals surface area contributed by atoms with E-state index in [-0.39, 0.29) is 28.7 Å². The van der Waals surface area contributed by atoms with E-state index in [0.717, 1.165) is 0 Å². The third-order valence-corrected chi connectivity index (χ3v) is 7.23. The molecular formula is C23H28ClN3O4S. The molecule has 3 rings (SSSR count). The number of carbonyl (C=O) groups is 2. The van der Waals surface area contributed by atoms with Gasteiger partial charge in [0.15, 0.2) is 0 Å². The number of nitrogens with zero attached hydrogens (tertiary/aromatic N) is 1. The predicted molar refractivity (Wildman–Crippen MR) is 124 cm³/mol. The third kappa shape index (κ3) is 6.09. The molecule has 1 saturated heterocycles. The first-order chi connectivity index (χ1) is 15.2. The smallest absolute Gasteiger partial charge is 0.251 e. The Morgan fingerprint density at radius 3 is 2.16 bits per heavy atom. The molecule has 0 bridgehead atoms. The minimum atomic E-state index is -3.88. The van der Waals surface area contributed by atoms with Crippen LogP contribution in [-0.2, 0) is 14.8 Å². The van der Waals surface area contributed by atoms with Crippen molar-refractivity contribution < 1.29 is 18.0 Å². The van der Waals surface area contributed by atoms with Gasteiger partial charge in [-0.15, -0.1) is 0 Å². The van der Waals surface area contributed by atoms with Crippen molar-refractivity contribution in [2.75, 3.05) is 13.1 Å². The molecule has 1 aliphatic rings. The summed E-state index contributed by atoms with van der Waals surface area (Å²) >= 11 is 5.85. The molecule has 1 aliphatic heterocycles. The van der Waals surface area contributed by atoms with E-state index in [1.807, 2.05) is 18.2 Å². The molecule has 0 aromatic heterocycles. The number of amides is 2. The van der Waals surface area contributed by atoms with Crippen molar-refractivity contribution in [3.8, 4) is 0 Å². The lowest BCUT2D eigenvalue weighted by molar-refractivity contribution is -0.135. The number of rotatable bonds is 7. The average Bonchev–Trinajstić information content (AvgIpc) is 2.78. The van der Waals surface area contributed by atoms with Gasteiger partial charge in [0, 0.05) is 29.7 Å². The van der Waals surface area contributed by atoms with E-state index in [2.05, 4.69) is 10.0 Å². The molecule has 2 aromatic rings. The zero-order chi connectivity index (χ0) is 23.3. The molecule has 2 amide bonds. The van der Waals surface area contributed by atoms with Crippen molar-refractivity contribution in [2.24, 2.45) is 5.92 Å². The normalized spacial score (nSPS) is 16.1. The van der Waals surface area contributed by atoms with Crippen molar-refractivity contribution in [1.82, 2.24) is 14.9 Å². The number of hydrogen-bond acceptors (Lipinski definition) is 4. The van der Waals surface area contributed by atoms with E-state index in [0.29, 0.717) is 36.5 Å². The van der Waals surface area contributed by atoms with Crippen LogP contribution in [0.4, 0.5) is 0 Å². The van der Waals surface area contributed by atoms with Gasteiger partial charge in [-0.2, -0.15) is 4.72 Å². The maximum Gasteiger partial charge on any atom is 0.251 e. The molecule has 7 nitrogen and oxygen atoms in total. The zero-order valence-electron chi connectivity index (χ0n) is 18.1. The molecule has 1 fully saturated rings. The summed E-state index contributed by atoms with van der Waals surface area (Å²) in [6, 6.07) is 13.9. The van der Waals surface area contributed by atoms with Gasteiger partial charge in [-0.25, -0.2) is 8.42 Å². The van der Waals surface area contributed by atoms with Gasteiger partial charge < -0.3 is 10.2 Å². The van der Waals surface area contributed by atoms with Gasteiger partial charge in [0.2, 0.25) is 15.9 Å². The van der Waals surface area contributed by atoms with Crippen LogP contribution in [0.1, 0.15) is 37.0 Å². The van der Waals surface area contributed by atoms with Crippen LogP contribution in [0.3, 0.4) is 0 Å². The van der Waals surface area contributed by atoms with Crippen LogP contribution < -0.4 is 10.0 Å². The molecule has 0 aliphatic carbocycles. The van der Waals surface area contributed by atoms with Gasteiger partial charge in [-0.3, -0.25) is 9.59 Å². The first kappa shape index (κ1) is 24.2. The first-order valence-corrected chi connectivity index (χ1v) is 12.5. The number of piperidine rings is 1. The molecule has 0 saturated carbocycles. The van der Waals surface area contributed by atoms with Gasteiger partial charge in [-0.05, 0) is 55.2 Å². The van der Waals surface area contributed by atoms with Gasteiger partial charge in [0.1, 0.15) is 6.04 Å². The Balaban J connectivity index is 1.60. The molecule has 172 valence electrons. The summed E-state index contributed by atoms with van der Waals surface area (Å²) in [6.07, 6.45) is 1.22. The highest BCUT2D eigenvalue weighted by molar-refractivity contribution is 7.89. The van der Waals surface area contributed by atoms with Gasteiger partial charge in [0.05, 0.1) is 4.90 Å². The largest absolute Gasteiger partial charge is 0.349 e. The zero-order valence-corrected chi connectivity index (χ0v) is 19.7. The molecule has 2 aromatic carbocycles. The van der Waals surface area contributed by atoms with Crippen LogP contribution in [0.15, 0.2) is 59.5 Å².